The number of rotatable bonds is 6. The Morgan fingerprint density at radius 1 is 1.23 bits per heavy atom. The summed E-state index contributed by atoms with van der Waals surface area (Å²) in [4.78, 5) is 49.0. The first-order valence-corrected chi connectivity index (χ1v) is 9.75. The van der Waals surface area contributed by atoms with Crippen LogP contribution >= 0.6 is 27.5 Å². The number of aliphatic carboxylic acids is 1. The van der Waals surface area contributed by atoms with Gasteiger partial charge in [-0.1, -0.05) is 11.6 Å². The highest BCUT2D eigenvalue weighted by Crippen LogP contribution is 2.37. The number of imide groups is 2. The number of anilines is 1. The van der Waals surface area contributed by atoms with Crippen LogP contribution in [-0.4, -0.2) is 37.5 Å². The Hall–Kier alpha value is -3.37. The fourth-order valence-electron chi connectivity index (χ4n) is 2.74. The lowest BCUT2D eigenvalue weighted by molar-refractivity contribution is -0.307. The molecule has 1 heterocycles. The molecule has 1 fully saturated rings. The molecule has 1 aliphatic rings. The number of barbiturate groups is 1. The van der Waals surface area contributed by atoms with Gasteiger partial charge >= 0.3 is 6.03 Å². The fraction of sp³-hybridized carbons (Fsp3) is 0.100. The average molecular weight is 509 g/mol. The summed E-state index contributed by atoms with van der Waals surface area (Å²) in [6, 6.07) is 7.98. The summed E-state index contributed by atoms with van der Waals surface area (Å²) in [5.41, 5.74) is 0.287. The number of halogens is 2. The largest absolute Gasteiger partial charge is 0.546 e. The number of hydrogen-bond acceptors (Lipinski definition) is 7. The molecule has 160 valence electrons. The van der Waals surface area contributed by atoms with Crippen LogP contribution in [-0.2, 0) is 14.4 Å². The van der Waals surface area contributed by atoms with Gasteiger partial charge in [0.1, 0.15) is 12.2 Å². The second-order valence-corrected chi connectivity index (χ2v) is 7.42. The lowest BCUT2D eigenvalue weighted by atomic mass is 10.1. The van der Waals surface area contributed by atoms with Crippen molar-refractivity contribution in [3.63, 3.8) is 0 Å². The molecule has 3 rings (SSSR count). The number of carbonyl (C=O) groups is 4. The Labute approximate surface area is 189 Å². The van der Waals surface area contributed by atoms with Gasteiger partial charge in [0.2, 0.25) is 0 Å². The minimum absolute atomic E-state index is 0.103. The van der Waals surface area contributed by atoms with Crippen LogP contribution in [0.2, 0.25) is 5.02 Å². The highest BCUT2D eigenvalue weighted by Gasteiger charge is 2.36. The van der Waals surface area contributed by atoms with Crippen LogP contribution in [0.5, 0.6) is 11.5 Å². The molecule has 0 radical (unpaired) electrons. The van der Waals surface area contributed by atoms with Gasteiger partial charge in [-0.3, -0.25) is 14.9 Å². The van der Waals surface area contributed by atoms with E-state index in [1.165, 1.54) is 49.6 Å². The van der Waals surface area contributed by atoms with Crippen LogP contribution in [0, 0.1) is 0 Å². The molecule has 2 aromatic rings. The molecule has 1 saturated heterocycles. The highest BCUT2D eigenvalue weighted by atomic mass is 79.9. The molecular weight excluding hydrogens is 496 g/mol. The summed E-state index contributed by atoms with van der Waals surface area (Å²) in [5.74, 6) is -2.87. The van der Waals surface area contributed by atoms with E-state index in [-0.39, 0.29) is 22.8 Å². The topological polar surface area (TPSA) is 125 Å². The fourth-order valence-corrected chi connectivity index (χ4v) is 3.44. The molecular formula is C20H13BrClN2O7-. The minimum atomic E-state index is -1.42. The number of amides is 4. The van der Waals surface area contributed by atoms with E-state index in [0.29, 0.717) is 15.1 Å². The van der Waals surface area contributed by atoms with Crippen LogP contribution in [0.15, 0.2) is 46.4 Å². The maximum absolute atomic E-state index is 12.9. The quantitative estimate of drug-likeness (QED) is 0.467. The standard InChI is InChI=1S/C20H14BrClN2O7/c1-30-15-8-10(7-14(21)17(15)31-9-16(25)26)6-13-18(27)23-20(29)24(19(13)28)12-4-2-11(22)3-5-12/h2-8H,9H2,1H3,(H,25,26)(H,23,27,29)/p-1/b13-6+. The van der Waals surface area contributed by atoms with Gasteiger partial charge in [-0.2, -0.15) is 0 Å². The summed E-state index contributed by atoms with van der Waals surface area (Å²) in [5, 5.41) is 13.2. The maximum atomic E-state index is 12.9. The van der Waals surface area contributed by atoms with Crippen molar-refractivity contribution in [2.75, 3.05) is 18.6 Å². The molecule has 11 heteroatoms. The summed E-state index contributed by atoms with van der Waals surface area (Å²) in [7, 11) is 1.34. The molecule has 2 aromatic carbocycles. The van der Waals surface area contributed by atoms with Gasteiger partial charge < -0.3 is 19.4 Å². The molecule has 0 spiro atoms. The van der Waals surface area contributed by atoms with Crippen LogP contribution in [0.4, 0.5) is 10.5 Å². The normalized spacial score (nSPS) is 15.1. The van der Waals surface area contributed by atoms with Crippen molar-refractivity contribution in [2.45, 2.75) is 0 Å². The summed E-state index contributed by atoms with van der Waals surface area (Å²) < 4.78 is 10.7. The first kappa shape index (κ1) is 22.3. The second-order valence-electron chi connectivity index (χ2n) is 6.13. The lowest BCUT2D eigenvalue weighted by Crippen LogP contribution is -2.54. The number of carbonyl (C=O) groups excluding carboxylic acids is 4. The first-order valence-electron chi connectivity index (χ1n) is 8.58. The number of carboxylic acids is 1. The Morgan fingerprint density at radius 3 is 2.52 bits per heavy atom. The van der Waals surface area contributed by atoms with E-state index in [0.717, 1.165) is 4.90 Å². The monoisotopic (exact) mass is 507 g/mol. The predicted molar refractivity (Wildman–Crippen MR) is 112 cm³/mol. The van der Waals surface area contributed by atoms with Crippen molar-refractivity contribution in [2.24, 2.45) is 0 Å². The van der Waals surface area contributed by atoms with E-state index in [4.69, 9.17) is 21.1 Å². The van der Waals surface area contributed by atoms with E-state index in [1.807, 2.05) is 0 Å². The van der Waals surface area contributed by atoms with Crippen LogP contribution in [0.3, 0.4) is 0 Å². The molecule has 4 amide bonds. The smallest absolute Gasteiger partial charge is 0.335 e. The maximum Gasteiger partial charge on any atom is 0.335 e. The van der Waals surface area contributed by atoms with Crippen molar-refractivity contribution in [3.05, 3.63) is 57.0 Å². The zero-order valence-corrected chi connectivity index (χ0v) is 18.2. The van der Waals surface area contributed by atoms with Crippen LogP contribution in [0.1, 0.15) is 5.56 Å². The van der Waals surface area contributed by atoms with Gasteiger partial charge in [0.05, 0.1) is 23.2 Å². The van der Waals surface area contributed by atoms with E-state index < -0.39 is 30.4 Å². The van der Waals surface area contributed by atoms with Crippen LogP contribution in [0.25, 0.3) is 6.08 Å². The van der Waals surface area contributed by atoms with E-state index in [1.54, 1.807) is 0 Å². The molecule has 1 aliphatic heterocycles. The summed E-state index contributed by atoms with van der Waals surface area (Å²) in [6.07, 6.45) is 1.27. The molecule has 0 unspecified atom stereocenters. The van der Waals surface area contributed by atoms with E-state index in [9.17, 15) is 24.3 Å². The van der Waals surface area contributed by atoms with Crippen molar-refractivity contribution >= 4 is 63.1 Å². The Bertz CT molecular complexity index is 1120. The number of ether oxygens (including phenoxy) is 2. The Balaban J connectivity index is 1.99. The number of nitrogens with zero attached hydrogens (tertiary/aromatic N) is 1. The van der Waals surface area contributed by atoms with Crippen molar-refractivity contribution in [1.82, 2.24) is 5.32 Å². The van der Waals surface area contributed by atoms with Crippen molar-refractivity contribution < 1.29 is 33.8 Å². The minimum Gasteiger partial charge on any atom is -0.546 e. The summed E-state index contributed by atoms with van der Waals surface area (Å²) in [6.45, 7) is -0.700. The molecule has 0 atom stereocenters. The molecule has 1 N–H and O–H groups in total. The van der Waals surface area contributed by atoms with Gasteiger partial charge in [0, 0.05) is 5.02 Å². The van der Waals surface area contributed by atoms with E-state index in [2.05, 4.69) is 21.2 Å². The molecule has 0 aliphatic carbocycles. The van der Waals surface area contributed by atoms with E-state index >= 15 is 0 Å². The lowest BCUT2D eigenvalue weighted by Gasteiger charge is -2.26. The van der Waals surface area contributed by atoms with Gasteiger partial charge in [-0.25, -0.2) is 9.69 Å². The number of benzene rings is 2. The van der Waals surface area contributed by atoms with Crippen LogP contribution < -0.4 is 24.8 Å². The van der Waals surface area contributed by atoms with Gasteiger partial charge in [0.25, 0.3) is 11.8 Å². The van der Waals surface area contributed by atoms with Gasteiger partial charge in [0.15, 0.2) is 11.5 Å². The average Bonchev–Trinajstić information content (AvgIpc) is 2.71. The molecule has 0 aromatic heterocycles. The zero-order chi connectivity index (χ0) is 22.7. The number of carboxylic acid groups (broad SMARTS) is 1. The number of hydrogen-bond donors (Lipinski definition) is 1. The van der Waals surface area contributed by atoms with Gasteiger partial charge in [-0.15, -0.1) is 0 Å². The summed E-state index contributed by atoms with van der Waals surface area (Å²) >= 11 is 9.09. The second kappa shape index (κ2) is 9.19. The third-order valence-electron chi connectivity index (χ3n) is 4.08. The molecule has 31 heavy (non-hydrogen) atoms. The third kappa shape index (κ3) is 4.86. The van der Waals surface area contributed by atoms with Gasteiger partial charge in [-0.05, 0) is 64.0 Å². The number of nitrogens with one attached hydrogen (secondary N) is 1. The number of methoxy groups -OCH3 is 1. The van der Waals surface area contributed by atoms with Crippen molar-refractivity contribution in [3.8, 4) is 11.5 Å². The SMILES string of the molecule is COc1cc(/C=C2\C(=O)NC(=O)N(c3ccc(Cl)cc3)C2=O)cc(Br)c1OCC(=O)[O-]. The van der Waals surface area contributed by atoms with Crippen molar-refractivity contribution in [1.29, 1.82) is 0 Å². The number of urea groups is 1. The Kier molecular flexibility index (Phi) is 6.62. The molecule has 0 bridgehead atoms. The zero-order valence-electron chi connectivity index (χ0n) is 15.8. The highest BCUT2D eigenvalue weighted by molar-refractivity contribution is 9.10. The Morgan fingerprint density at radius 2 is 1.90 bits per heavy atom. The predicted octanol–water partition coefficient (Wildman–Crippen LogP) is 1.91. The molecule has 0 saturated carbocycles. The third-order valence-corrected chi connectivity index (χ3v) is 4.92. The molecule has 9 nitrogen and oxygen atoms in total. The first-order chi connectivity index (χ1) is 14.7.